The highest BCUT2D eigenvalue weighted by Crippen LogP contribution is 2.50. The lowest BCUT2D eigenvalue weighted by Gasteiger charge is -2.39. The second-order valence-corrected chi connectivity index (χ2v) is 8.94. The van der Waals surface area contributed by atoms with Crippen molar-refractivity contribution in [3.8, 4) is 5.75 Å². The molecular weight excluding hydrogens is 416 g/mol. The summed E-state index contributed by atoms with van der Waals surface area (Å²) in [6, 6.07) is 25.4. The Morgan fingerprint density at radius 1 is 0.938 bits per heavy atom. The van der Waals surface area contributed by atoms with Crippen LogP contribution in [0.1, 0.15) is 34.4 Å². The van der Waals surface area contributed by atoms with Crippen molar-refractivity contribution < 1.29 is 4.74 Å². The van der Waals surface area contributed by atoms with E-state index in [1.807, 2.05) is 22.9 Å². The Labute approximate surface area is 191 Å². The third-order valence-electron chi connectivity index (χ3n) is 6.13. The first kappa shape index (κ1) is 19.2. The van der Waals surface area contributed by atoms with Crippen LogP contribution in [-0.2, 0) is 0 Å². The number of anilines is 1. The van der Waals surface area contributed by atoms with Crippen LogP contribution in [0.2, 0.25) is 0 Å². The summed E-state index contributed by atoms with van der Waals surface area (Å²) in [5, 5.41) is 8.14. The van der Waals surface area contributed by atoms with Gasteiger partial charge in [-0.05, 0) is 48.6 Å². The van der Waals surface area contributed by atoms with Gasteiger partial charge in [0.2, 0.25) is 5.95 Å². The van der Waals surface area contributed by atoms with Crippen LogP contribution in [0.15, 0.2) is 89.6 Å². The molecule has 3 heterocycles. The number of rotatable bonds is 3. The molecule has 158 valence electrons. The molecule has 0 saturated heterocycles. The lowest BCUT2D eigenvalue weighted by Crippen LogP contribution is -2.32. The van der Waals surface area contributed by atoms with Crippen LogP contribution in [0.3, 0.4) is 0 Å². The SMILES string of the molecule is CSc1ccc([C@@H]2Oc3ccccc3C3=C2[C@H](c2ccc(C)cc2)n2ncnc2N3)cc1. The molecule has 32 heavy (non-hydrogen) atoms. The number of ether oxygens (including phenoxy) is 1. The number of hydrogen-bond acceptors (Lipinski definition) is 5. The van der Waals surface area contributed by atoms with Gasteiger partial charge in [0.1, 0.15) is 24.2 Å². The maximum absolute atomic E-state index is 6.66. The fourth-order valence-corrected chi connectivity index (χ4v) is 4.95. The molecule has 1 aromatic heterocycles. The zero-order valence-corrected chi connectivity index (χ0v) is 18.6. The topological polar surface area (TPSA) is 52.0 Å². The molecule has 2 atom stereocenters. The monoisotopic (exact) mass is 438 g/mol. The smallest absolute Gasteiger partial charge is 0.226 e. The Bertz CT molecular complexity index is 1320. The van der Waals surface area contributed by atoms with Gasteiger partial charge < -0.3 is 10.1 Å². The predicted octanol–water partition coefficient (Wildman–Crippen LogP) is 5.87. The van der Waals surface area contributed by atoms with E-state index in [1.165, 1.54) is 10.5 Å². The molecule has 0 saturated carbocycles. The van der Waals surface area contributed by atoms with Crippen molar-refractivity contribution in [1.29, 1.82) is 0 Å². The van der Waals surface area contributed by atoms with Gasteiger partial charge >= 0.3 is 0 Å². The van der Waals surface area contributed by atoms with E-state index < -0.39 is 0 Å². The Kier molecular flexibility index (Phi) is 4.54. The molecule has 0 spiro atoms. The van der Waals surface area contributed by atoms with Crippen LogP contribution >= 0.6 is 11.8 Å². The van der Waals surface area contributed by atoms with E-state index in [-0.39, 0.29) is 12.1 Å². The van der Waals surface area contributed by atoms with E-state index in [0.29, 0.717) is 0 Å². The summed E-state index contributed by atoms with van der Waals surface area (Å²) in [5.41, 5.74) is 6.74. The number of fused-ring (bicyclic) bond motifs is 3. The van der Waals surface area contributed by atoms with Crippen molar-refractivity contribution in [3.63, 3.8) is 0 Å². The zero-order chi connectivity index (χ0) is 21.7. The third-order valence-corrected chi connectivity index (χ3v) is 6.88. The van der Waals surface area contributed by atoms with Gasteiger partial charge in [-0.15, -0.1) is 11.8 Å². The first-order chi connectivity index (χ1) is 15.7. The van der Waals surface area contributed by atoms with Gasteiger partial charge in [-0.2, -0.15) is 10.1 Å². The van der Waals surface area contributed by atoms with Crippen molar-refractivity contribution in [1.82, 2.24) is 14.8 Å². The molecule has 6 heteroatoms. The average Bonchev–Trinajstić information content (AvgIpc) is 3.31. The number of para-hydroxylation sites is 1. The Morgan fingerprint density at radius 3 is 2.47 bits per heavy atom. The van der Waals surface area contributed by atoms with Gasteiger partial charge in [0.05, 0.1) is 5.70 Å². The maximum Gasteiger partial charge on any atom is 0.226 e. The van der Waals surface area contributed by atoms with Crippen molar-refractivity contribution in [3.05, 3.63) is 107 Å². The van der Waals surface area contributed by atoms with Crippen LogP contribution in [0.4, 0.5) is 5.95 Å². The minimum Gasteiger partial charge on any atom is -0.480 e. The minimum atomic E-state index is -0.244. The molecule has 3 aromatic carbocycles. The summed E-state index contributed by atoms with van der Waals surface area (Å²) in [6.07, 6.45) is 3.46. The molecule has 1 N–H and O–H groups in total. The van der Waals surface area contributed by atoms with Crippen LogP contribution in [0.5, 0.6) is 5.75 Å². The van der Waals surface area contributed by atoms with Crippen LogP contribution in [0.25, 0.3) is 5.70 Å². The van der Waals surface area contributed by atoms with E-state index in [0.717, 1.165) is 39.7 Å². The highest BCUT2D eigenvalue weighted by atomic mass is 32.2. The quantitative estimate of drug-likeness (QED) is 0.406. The third kappa shape index (κ3) is 3.02. The lowest BCUT2D eigenvalue weighted by atomic mass is 9.84. The number of thioether (sulfide) groups is 1. The molecular formula is C26H22N4OS. The Morgan fingerprint density at radius 2 is 1.69 bits per heavy atom. The van der Waals surface area contributed by atoms with Crippen LogP contribution in [-0.4, -0.2) is 21.0 Å². The molecule has 2 aliphatic heterocycles. The van der Waals surface area contributed by atoms with Crippen molar-refractivity contribution in [2.45, 2.75) is 24.0 Å². The second kappa shape index (κ2) is 7.57. The highest BCUT2D eigenvalue weighted by molar-refractivity contribution is 7.98. The van der Waals surface area contributed by atoms with E-state index in [4.69, 9.17) is 4.74 Å². The molecule has 0 aliphatic carbocycles. The largest absolute Gasteiger partial charge is 0.480 e. The summed E-state index contributed by atoms with van der Waals surface area (Å²) in [5.74, 6) is 1.61. The molecule has 0 radical (unpaired) electrons. The zero-order valence-electron chi connectivity index (χ0n) is 17.8. The number of aryl methyl sites for hydroxylation is 1. The fraction of sp³-hybridized carbons (Fsp3) is 0.154. The summed E-state index contributed by atoms with van der Waals surface area (Å²) in [7, 11) is 0. The molecule has 6 rings (SSSR count). The predicted molar refractivity (Wildman–Crippen MR) is 128 cm³/mol. The second-order valence-electron chi connectivity index (χ2n) is 8.06. The molecule has 4 aromatic rings. The molecule has 0 unspecified atom stereocenters. The lowest BCUT2D eigenvalue weighted by molar-refractivity contribution is 0.223. The fourth-order valence-electron chi connectivity index (χ4n) is 4.54. The molecule has 5 nitrogen and oxygen atoms in total. The maximum atomic E-state index is 6.66. The molecule has 0 bridgehead atoms. The van der Waals surface area contributed by atoms with E-state index in [9.17, 15) is 0 Å². The van der Waals surface area contributed by atoms with Gasteiger partial charge in [0.25, 0.3) is 0 Å². The van der Waals surface area contributed by atoms with Crippen molar-refractivity contribution in [2.75, 3.05) is 11.6 Å². The first-order valence-electron chi connectivity index (χ1n) is 10.6. The summed E-state index contributed by atoms with van der Waals surface area (Å²) in [4.78, 5) is 5.73. The van der Waals surface area contributed by atoms with Crippen molar-refractivity contribution in [2.24, 2.45) is 0 Å². The van der Waals surface area contributed by atoms with Crippen LogP contribution in [0, 0.1) is 6.92 Å². The van der Waals surface area contributed by atoms with E-state index in [1.54, 1.807) is 18.1 Å². The number of benzene rings is 3. The van der Waals surface area contributed by atoms with E-state index >= 15 is 0 Å². The number of hydrogen-bond donors (Lipinski definition) is 1. The Hall–Kier alpha value is -3.51. The van der Waals surface area contributed by atoms with Gasteiger partial charge in [-0.25, -0.2) is 4.68 Å². The summed E-state index contributed by atoms with van der Waals surface area (Å²) >= 11 is 1.74. The van der Waals surface area contributed by atoms with Crippen molar-refractivity contribution >= 4 is 23.4 Å². The average molecular weight is 439 g/mol. The van der Waals surface area contributed by atoms with Gasteiger partial charge in [-0.1, -0.05) is 54.1 Å². The molecule has 0 amide bonds. The Balaban J connectivity index is 1.60. The highest BCUT2D eigenvalue weighted by Gasteiger charge is 2.40. The summed E-state index contributed by atoms with van der Waals surface area (Å²) < 4.78 is 8.62. The standard InChI is InChI=1S/C26H22N4OS/c1-16-7-9-17(10-8-16)24-22-23(29-26-27-15-28-30(24)26)20-5-3-4-6-21(20)31-25(22)18-11-13-19(32-2)14-12-18/h3-15,24-25H,1-2H3,(H,27,28,29)/t24-,25-/m0/s1. The number of aromatic nitrogens is 3. The summed E-state index contributed by atoms with van der Waals surface area (Å²) in [6.45, 7) is 2.11. The minimum absolute atomic E-state index is 0.122. The number of nitrogens with one attached hydrogen (secondary N) is 1. The molecule has 2 aliphatic rings. The van der Waals surface area contributed by atoms with Gasteiger partial charge in [0, 0.05) is 16.0 Å². The van der Waals surface area contributed by atoms with Crippen LogP contribution < -0.4 is 10.1 Å². The van der Waals surface area contributed by atoms with Gasteiger partial charge in [-0.3, -0.25) is 0 Å². The molecule has 0 fully saturated rings. The van der Waals surface area contributed by atoms with E-state index in [2.05, 4.69) is 83.2 Å². The first-order valence-corrected chi connectivity index (χ1v) is 11.8. The van der Waals surface area contributed by atoms with Gasteiger partial charge in [0.15, 0.2) is 0 Å². The number of nitrogens with zero attached hydrogens (tertiary/aromatic N) is 3. The normalized spacial score (nSPS) is 18.8.